The number of amides is 2. The van der Waals surface area contributed by atoms with Crippen molar-refractivity contribution in [2.75, 3.05) is 13.1 Å². The highest BCUT2D eigenvalue weighted by molar-refractivity contribution is 5.97. The molecule has 0 spiro atoms. The van der Waals surface area contributed by atoms with Crippen LogP contribution in [0.3, 0.4) is 0 Å². The van der Waals surface area contributed by atoms with E-state index in [9.17, 15) is 40.7 Å². The second-order valence-corrected chi connectivity index (χ2v) is 10.1. The van der Waals surface area contributed by atoms with Gasteiger partial charge in [-0.25, -0.2) is 23.1 Å². The second kappa shape index (κ2) is 11.9. The zero-order valence-corrected chi connectivity index (χ0v) is 22.3. The third-order valence-electron chi connectivity index (χ3n) is 7.14. The van der Waals surface area contributed by atoms with E-state index in [1.807, 2.05) is 0 Å². The molecule has 2 aromatic rings. The molecule has 1 aromatic carbocycles. The van der Waals surface area contributed by atoms with Crippen LogP contribution in [0.25, 0.3) is 0 Å². The number of carbonyl (C=O) groups excluding carboxylic acids is 2. The average molecular weight is 591 g/mol. The number of carbonyl (C=O) groups is 3. The minimum Gasteiger partial charge on any atom is -0.475 e. The maximum absolute atomic E-state index is 14.6. The van der Waals surface area contributed by atoms with Gasteiger partial charge in [-0.05, 0) is 50.5 Å². The van der Waals surface area contributed by atoms with Crippen LogP contribution in [0, 0.1) is 19.7 Å². The first-order valence-corrected chi connectivity index (χ1v) is 12.5. The van der Waals surface area contributed by atoms with Crippen molar-refractivity contribution in [2.24, 2.45) is 0 Å². The molecule has 224 valence electrons. The summed E-state index contributed by atoms with van der Waals surface area (Å²) >= 11 is 0. The predicted molar refractivity (Wildman–Crippen MR) is 132 cm³/mol. The van der Waals surface area contributed by atoms with E-state index in [0.717, 1.165) is 0 Å². The molecule has 1 saturated carbocycles. The van der Waals surface area contributed by atoms with Crippen LogP contribution in [0.2, 0.25) is 0 Å². The van der Waals surface area contributed by atoms with Gasteiger partial charge in [0.15, 0.2) is 0 Å². The fraction of sp³-hybridized carbons (Fsp3) is 0.500. The Hall–Kier alpha value is -3.91. The monoisotopic (exact) mass is 590 g/mol. The number of hydrogen-bond acceptors (Lipinski definition) is 5. The lowest BCUT2D eigenvalue weighted by atomic mass is 10.0. The lowest BCUT2D eigenvalue weighted by Crippen LogP contribution is -2.59. The van der Waals surface area contributed by atoms with Gasteiger partial charge in [0.1, 0.15) is 12.4 Å². The summed E-state index contributed by atoms with van der Waals surface area (Å²) in [5.41, 5.74) is 2.03. The first-order chi connectivity index (χ1) is 18.9. The first-order valence-electron chi connectivity index (χ1n) is 12.5. The molecule has 2 N–H and O–H groups in total. The predicted octanol–water partition coefficient (Wildman–Crippen LogP) is 3.61. The summed E-state index contributed by atoms with van der Waals surface area (Å²) in [7, 11) is 0. The Balaban J connectivity index is 0.000000587. The number of carboxylic acids is 1. The van der Waals surface area contributed by atoms with Crippen molar-refractivity contribution in [3.8, 4) is 0 Å². The number of halogens is 6. The van der Waals surface area contributed by atoms with Gasteiger partial charge in [-0.1, -0.05) is 6.07 Å². The molecule has 0 radical (unpaired) electrons. The van der Waals surface area contributed by atoms with E-state index in [2.05, 4.69) is 10.2 Å². The molecule has 2 unspecified atom stereocenters. The van der Waals surface area contributed by atoms with Crippen LogP contribution in [0.4, 0.5) is 26.3 Å². The zero-order valence-electron chi connectivity index (χ0n) is 22.3. The van der Waals surface area contributed by atoms with Gasteiger partial charge in [-0.3, -0.25) is 14.4 Å². The lowest BCUT2D eigenvalue weighted by molar-refractivity contribution is -0.192. The van der Waals surface area contributed by atoms with Crippen molar-refractivity contribution in [3.63, 3.8) is 0 Å². The van der Waals surface area contributed by atoms with E-state index >= 15 is 0 Å². The van der Waals surface area contributed by atoms with Gasteiger partial charge < -0.3 is 14.9 Å². The van der Waals surface area contributed by atoms with Gasteiger partial charge in [0.2, 0.25) is 11.8 Å². The van der Waals surface area contributed by atoms with Crippen molar-refractivity contribution in [1.29, 1.82) is 0 Å². The Labute approximate surface area is 230 Å². The Morgan fingerprint density at radius 3 is 2.34 bits per heavy atom. The second-order valence-electron chi connectivity index (χ2n) is 10.1. The number of piperazine rings is 1. The highest BCUT2D eigenvalue weighted by atomic mass is 19.4. The molecule has 4 rings (SSSR count). The maximum Gasteiger partial charge on any atom is 0.490 e. The number of aromatic amines is 1. The molecule has 1 aliphatic carbocycles. The third kappa shape index (κ3) is 7.44. The van der Waals surface area contributed by atoms with Crippen molar-refractivity contribution in [3.05, 3.63) is 62.3 Å². The van der Waals surface area contributed by atoms with Crippen LogP contribution >= 0.6 is 0 Å². The molecule has 15 heteroatoms. The number of nitrogens with zero attached hydrogens (tertiary/aromatic N) is 3. The molecule has 0 bridgehead atoms. The fourth-order valence-electron chi connectivity index (χ4n) is 4.90. The van der Waals surface area contributed by atoms with E-state index in [4.69, 9.17) is 9.90 Å². The fourth-order valence-corrected chi connectivity index (χ4v) is 4.90. The molecule has 2 amide bonds. The Morgan fingerprint density at radius 1 is 1.17 bits per heavy atom. The molecule has 2 heterocycles. The number of aliphatic carboxylic acids is 1. The van der Waals surface area contributed by atoms with Gasteiger partial charge in [-0.15, -0.1) is 0 Å². The van der Waals surface area contributed by atoms with Crippen molar-refractivity contribution in [1.82, 2.24) is 20.0 Å². The summed E-state index contributed by atoms with van der Waals surface area (Å²) in [6, 6.07) is 3.16. The Morgan fingerprint density at radius 2 is 1.80 bits per heavy atom. The quantitative estimate of drug-likeness (QED) is 0.525. The van der Waals surface area contributed by atoms with Crippen LogP contribution < -0.4 is 5.56 Å². The van der Waals surface area contributed by atoms with E-state index in [-0.39, 0.29) is 49.9 Å². The number of H-pyrrole nitrogens is 1. The number of rotatable bonds is 4. The highest BCUT2D eigenvalue weighted by Crippen LogP contribution is 2.38. The highest BCUT2D eigenvalue weighted by Gasteiger charge is 2.46. The SMILES string of the molecule is Cc1c(Cc2ccc(F)c(C(=O)N3CC(=O)N(C4CCC(F)(F)C4)C(C)C3)c2)n[nH]c(=O)c1C.O=C(O)C(F)(F)F. The Kier molecular flexibility index (Phi) is 9.18. The normalized spacial score (nSPS) is 20.5. The summed E-state index contributed by atoms with van der Waals surface area (Å²) in [6.45, 7) is 5.02. The molecule has 2 fully saturated rings. The molecule has 1 saturated heterocycles. The van der Waals surface area contributed by atoms with Crippen LogP contribution in [0.5, 0.6) is 0 Å². The minimum atomic E-state index is -5.08. The summed E-state index contributed by atoms with van der Waals surface area (Å²) in [4.78, 5) is 49.3. The van der Waals surface area contributed by atoms with Crippen LogP contribution in [-0.2, 0) is 16.0 Å². The standard InChI is InChI=1S/C24H27F3N4O3.C2HF3O2/c1-13-11-30(12-21(32)31(13)17-6-7-24(26,27)10-17)23(34)18-8-16(4-5-19(18)25)9-20-14(2)15(3)22(33)29-28-20;3-2(4,5)1(6)7/h4-5,8,13,17H,6-7,9-12H2,1-3H3,(H,29,33);(H,6,7). The smallest absolute Gasteiger partial charge is 0.475 e. The largest absolute Gasteiger partial charge is 0.490 e. The number of nitrogens with one attached hydrogen (secondary N) is 1. The lowest BCUT2D eigenvalue weighted by Gasteiger charge is -2.42. The van der Waals surface area contributed by atoms with Crippen LogP contribution in [0.15, 0.2) is 23.0 Å². The molecule has 2 atom stereocenters. The molecular weight excluding hydrogens is 562 g/mol. The van der Waals surface area contributed by atoms with E-state index in [1.165, 1.54) is 21.9 Å². The van der Waals surface area contributed by atoms with Crippen molar-refractivity contribution < 1.29 is 45.8 Å². The van der Waals surface area contributed by atoms with Crippen LogP contribution in [-0.4, -0.2) is 80.2 Å². The number of carboxylic acid groups (broad SMARTS) is 1. The van der Waals surface area contributed by atoms with Gasteiger partial charge in [0.25, 0.3) is 11.5 Å². The molecular formula is C26H28F6N4O5. The number of benzene rings is 1. The van der Waals surface area contributed by atoms with E-state index in [1.54, 1.807) is 26.8 Å². The number of aromatic nitrogens is 2. The first kappa shape index (κ1) is 31.6. The van der Waals surface area contributed by atoms with E-state index < -0.39 is 47.8 Å². The summed E-state index contributed by atoms with van der Waals surface area (Å²) in [5.74, 6) is -7.28. The topological polar surface area (TPSA) is 124 Å². The minimum absolute atomic E-state index is 0.135. The maximum atomic E-state index is 14.6. The van der Waals surface area contributed by atoms with Crippen LogP contribution in [0.1, 0.15) is 58.9 Å². The van der Waals surface area contributed by atoms with Gasteiger partial charge in [0.05, 0.1) is 11.3 Å². The average Bonchev–Trinajstić information content (AvgIpc) is 3.23. The summed E-state index contributed by atoms with van der Waals surface area (Å²) < 4.78 is 73.7. The zero-order chi connectivity index (χ0) is 30.9. The van der Waals surface area contributed by atoms with Gasteiger partial charge >= 0.3 is 12.1 Å². The molecule has 2 aliphatic rings. The van der Waals surface area contributed by atoms with Crippen molar-refractivity contribution >= 4 is 17.8 Å². The Bertz CT molecular complexity index is 1390. The molecule has 1 aromatic heterocycles. The van der Waals surface area contributed by atoms with Gasteiger partial charge in [-0.2, -0.15) is 18.3 Å². The van der Waals surface area contributed by atoms with E-state index in [0.29, 0.717) is 22.4 Å². The molecule has 9 nitrogen and oxygen atoms in total. The number of hydrogen-bond donors (Lipinski definition) is 2. The molecule has 1 aliphatic heterocycles. The number of alkyl halides is 5. The summed E-state index contributed by atoms with van der Waals surface area (Å²) in [6.07, 6.45) is -5.20. The van der Waals surface area contributed by atoms with Crippen molar-refractivity contribution in [2.45, 2.75) is 70.6 Å². The molecule has 41 heavy (non-hydrogen) atoms. The van der Waals surface area contributed by atoms with Gasteiger partial charge in [0, 0.05) is 43.5 Å². The summed E-state index contributed by atoms with van der Waals surface area (Å²) in [5, 5.41) is 13.6. The third-order valence-corrected chi connectivity index (χ3v) is 7.14.